The molecule has 3 aromatic carbocycles. The van der Waals surface area contributed by atoms with Crippen LogP contribution in [0.1, 0.15) is 51.4 Å². The summed E-state index contributed by atoms with van der Waals surface area (Å²) < 4.78 is 34.3. The number of anilines is 2. The van der Waals surface area contributed by atoms with Gasteiger partial charge in [-0.2, -0.15) is 0 Å². The first kappa shape index (κ1) is 30.0. The summed E-state index contributed by atoms with van der Waals surface area (Å²) in [5.41, 5.74) is 2.62. The van der Waals surface area contributed by atoms with E-state index < -0.39 is 13.2 Å². The monoisotopic (exact) mass is 564 g/mol. The van der Waals surface area contributed by atoms with E-state index in [-0.39, 0.29) is 6.10 Å². The molecule has 4 rings (SSSR count). The summed E-state index contributed by atoms with van der Waals surface area (Å²) in [6.07, 6.45) is 3.00. The molecular formula is C33H45N2O4P. The lowest BCUT2D eigenvalue weighted by Gasteiger charge is -2.41. The molecule has 216 valence electrons. The molecule has 5 atom stereocenters. The highest BCUT2D eigenvalue weighted by Gasteiger charge is 2.44. The Morgan fingerprint density at radius 1 is 0.925 bits per heavy atom. The molecule has 1 N–H and O–H groups in total. The van der Waals surface area contributed by atoms with E-state index in [2.05, 4.69) is 26.1 Å². The number of rotatable bonds is 11. The normalized spacial score (nSPS) is 21.4. The third kappa shape index (κ3) is 6.67. The largest absolute Gasteiger partial charge is 0.497 e. The number of ether oxygens (including phenoxy) is 2. The zero-order valence-corrected chi connectivity index (χ0v) is 25.9. The second-order valence-corrected chi connectivity index (χ2v) is 13.9. The number of para-hydroxylation sites is 1. The minimum absolute atomic E-state index is 0.125. The highest BCUT2D eigenvalue weighted by atomic mass is 31.2. The molecule has 6 nitrogen and oxygen atoms in total. The predicted octanol–water partition coefficient (Wildman–Crippen LogP) is 7.96. The summed E-state index contributed by atoms with van der Waals surface area (Å²) in [7, 11) is 3.65. The zero-order chi connectivity index (χ0) is 28.9. The Kier molecular flexibility index (Phi) is 9.86. The molecule has 7 heteroatoms. The Morgan fingerprint density at radius 3 is 2.23 bits per heavy atom. The molecule has 3 aromatic rings. The lowest BCUT2D eigenvalue weighted by atomic mass is 9.75. The molecule has 0 aromatic heterocycles. The summed E-state index contributed by atoms with van der Waals surface area (Å²) in [5.74, 6) is 1.84. The van der Waals surface area contributed by atoms with Gasteiger partial charge in [0.25, 0.3) is 7.37 Å². The minimum Gasteiger partial charge on any atom is -0.497 e. The molecule has 0 aliphatic heterocycles. The van der Waals surface area contributed by atoms with Crippen LogP contribution < -0.4 is 25.0 Å². The van der Waals surface area contributed by atoms with Gasteiger partial charge in [-0.1, -0.05) is 45.4 Å². The van der Waals surface area contributed by atoms with Crippen LogP contribution in [0.4, 0.5) is 11.4 Å². The molecule has 0 radical (unpaired) electrons. The van der Waals surface area contributed by atoms with Crippen LogP contribution in [0.25, 0.3) is 0 Å². The van der Waals surface area contributed by atoms with E-state index in [1.54, 1.807) is 14.2 Å². The van der Waals surface area contributed by atoms with Gasteiger partial charge in [0.15, 0.2) is 0 Å². The zero-order valence-electron chi connectivity index (χ0n) is 25.0. The fourth-order valence-electron chi connectivity index (χ4n) is 5.76. The fraction of sp³-hybridized carbons (Fsp3) is 0.455. The molecule has 1 fully saturated rings. The molecule has 0 unspecified atom stereocenters. The van der Waals surface area contributed by atoms with Crippen molar-refractivity contribution in [3.8, 4) is 11.5 Å². The van der Waals surface area contributed by atoms with Crippen LogP contribution in [0.5, 0.6) is 11.5 Å². The van der Waals surface area contributed by atoms with Crippen LogP contribution in [0.3, 0.4) is 0 Å². The van der Waals surface area contributed by atoms with E-state index in [1.807, 2.05) is 91.8 Å². The second kappa shape index (κ2) is 13.1. The Hall–Kier alpha value is -2.95. The fourth-order valence-corrected chi connectivity index (χ4v) is 8.40. The van der Waals surface area contributed by atoms with Crippen molar-refractivity contribution in [1.82, 2.24) is 0 Å². The average Bonchev–Trinajstić information content (AvgIpc) is 2.96. The quantitative estimate of drug-likeness (QED) is 0.239. The van der Waals surface area contributed by atoms with E-state index >= 15 is 4.57 Å². The molecular weight excluding hydrogens is 519 g/mol. The van der Waals surface area contributed by atoms with Gasteiger partial charge in [-0.05, 0) is 85.2 Å². The van der Waals surface area contributed by atoms with Gasteiger partial charge in [0.1, 0.15) is 17.3 Å². The average molecular weight is 565 g/mol. The Labute approximate surface area is 240 Å². The van der Waals surface area contributed by atoms with Gasteiger partial charge in [-0.25, -0.2) is 0 Å². The third-order valence-electron chi connectivity index (χ3n) is 8.13. The van der Waals surface area contributed by atoms with Crippen LogP contribution in [0, 0.1) is 17.8 Å². The SMILES string of the molecule is COc1ccc(OC)c([C@H](Nc2ccccc2)[P@](=O)(O[C@@H]2C[C@H](C)CC[C@@H]2C(C)C)c2ccc(N(C)C)cc2)c1. The first-order valence-electron chi connectivity index (χ1n) is 14.3. The van der Waals surface area contributed by atoms with Crippen molar-refractivity contribution in [3.05, 3.63) is 78.4 Å². The smallest absolute Gasteiger partial charge is 0.258 e. The molecule has 40 heavy (non-hydrogen) atoms. The number of methoxy groups -OCH3 is 2. The summed E-state index contributed by atoms with van der Waals surface area (Å²) in [6, 6.07) is 23.5. The van der Waals surface area contributed by atoms with Crippen molar-refractivity contribution in [2.24, 2.45) is 17.8 Å². The number of hydrogen-bond donors (Lipinski definition) is 1. The molecule has 0 amide bonds. The molecule has 0 saturated heterocycles. The second-order valence-electron chi connectivity index (χ2n) is 11.5. The summed E-state index contributed by atoms with van der Waals surface area (Å²) in [6.45, 7) is 6.77. The summed E-state index contributed by atoms with van der Waals surface area (Å²) in [4.78, 5) is 2.04. The lowest BCUT2D eigenvalue weighted by Crippen LogP contribution is -2.36. The van der Waals surface area contributed by atoms with Crippen LogP contribution in [0.15, 0.2) is 72.8 Å². The molecule has 0 spiro atoms. The van der Waals surface area contributed by atoms with Crippen LogP contribution in [-0.2, 0) is 9.09 Å². The third-order valence-corrected chi connectivity index (χ3v) is 10.8. The lowest BCUT2D eigenvalue weighted by molar-refractivity contribution is 0.0488. The molecule has 1 aliphatic carbocycles. The highest BCUT2D eigenvalue weighted by molar-refractivity contribution is 7.67. The van der Waals surface area contributed by atoms with Gasteiger partial charge in [0.05, 0.1) is 20.3 Å². The predicted molar refractivity (Wildman–Crippen MR) is 167 cm³/mol. The van der Waals surface area contributed by atoms with E-state index in [0.717, 1.165) is 29.8 Å². The van der Waals surface area contributed by atoms with Gasteiger partial charge < -0.3 is 24.2 Å². The first-order chi connectivity index (χ1) is 19.2. The van der Waals surface area contributed by atoms with E-state index in [1.165, 1.54) is 6.42 Å². The van der Waals surface area contributed by atoms with Crippen molar-refractivity contribution >= 4 is 24.0 Å². The molecule has 0 heterocycles. The van der Waals surface area contributed by atoms with Crippen molar-refractivity contribution in [2.75, 3.05) is 38.5 Å². The van der Waals surface area contributed by atoms with Gasteiger partial charge in [0.2, 0.25) is 0 Å². The Bertz CT molecular complexity index is 1280. The Balaban J connectivity index is 1.93. The number of benzene rings is 3. The van der Waals surface area contributed by atoms with Crippen molar-refractivity contribution in [2.45, 2.75) is 51.9 Å². The van der Waals surface area contributed by atoms with Crippen molar-refractivity contribution in [3.63, 3.8) is 0 Å². The van der Waals surface area contributed by atoms with E-state index in [4.69, 9.17) is 14.0 Å². The van der Waals surface area contributed by atoms with Gasteiger partial charge >= 0.3 is 0 Å². The standard InChI is InChI=1S/C33H45N2O4P/c1-23(2)29-19-13-24(3)21-32(29)39-40(36,28-17-14-26(15-18-28)35(4)5)33(34-25-11-9-8-10-12-25)30-22-27(37-6)16-20-31(30)38-7/h8-12,14-18,20,22-24,29,32-34H,13,19,21H2,1-7H3/t24-,29-,32-,33-,40-/m1/s1. The van der Waals surface area contributed by atoms with Crippen LogP contribution in [0.2, 0.25) is 0 Å². The van der Waals surface area contributed by atoms with Crippen molar-refractivity contribution < 1.29 is 18.6 Å². The van der Waals surface area contributed by atoms with E-state index in [0.29, 0.717) is 34.6 Å². The minimum atomic E-state index is -3.63. The molecule has 1 aliphatic rings. The van der Waals surface area contributed by atoms with Gasteiger partial charge in [-0.15, -0.1) is 0 Å². The number of nitrogens with one attached hydrogen (secondary N) is 1. The van der Waals surface area contributed by atoms with Crippen LogP contribution in [-0.4, -0.2) is 34.4 Å². The van der Waals surface area contributed by atoms with E-state index in [9.17, 15) is 0 Å². The maximum atomic E-state index is 15.8. The van der Waals surface area contributed by atoms with Gasteiger partial charge in [0, 0.05) is 36.3 Å². The number of hydrogen-bond acceptors (Lipinski definition) is 6. The van der Waals surface area contributed by atoms with Crippen molar-refractivity contribution in [1.29, 1.82) is 0 Å². The molecule has 1 saturated carbocycles. The highest BCUT2D eigenvalue weighted by Crippen LogP contribution is 2.63. The molecule has 0 bridgehead atoms. The Morgan fingerprint density at radius 2 is 1.62 bits per heavy atom. The van der Waals surface area contributed by atoms with Gasteiger partial charge in [-0.3, -0.25) is 4.57 Å². The maximum Gasteiger partial charge on any atom is 0.258 e. The summed E-state index contributed by atoms with van der Waals surface area (Å²) >= 11 is 0. The number of nitrogens with zero attached hydrogens (tertiary/aromatic N) is 1. The first-order valence-corrected chi connectivity index (χ1v) is 15.9. The summed E-state index contributed by atoms with van der Waals surface area (Å²) in [5, 5.41) is 4.29. The van der Waals surface area contributed by atoms with Crippen LogP contribution >= 0.6 is 7.37 Å². The maximum absolute atomic E-state index is 15.8. The topological polar surface area (TPSA) is 60.0 Å².